The van der Waals surface area contributed by atoms with Crippen LogP contribution in [0.1, 0.15) is 38.7 Å². The van der Waals surface area contributed by atoms with Gasteiger partial charge in [-0.1, -0.05) is 29.8 Å². The summed E-state index contributed by atoms with van der Waals surface area (Å²) < 4.78 is 0. The van der Waals surface area contributed by atoms with E-state index in [0.717, 1.165) is 24.9 Å². The van der Waals surface area contributed by atoms with Gasteiger partial charge in [0.1, 0.15) is 0 Å². The smallest absolute Gasteiger partial charge is 0.228 e. The molecule has 0 fully saturated rings. The standard InChI is InChI=1S/C17H19NO/c1-12(2)11-17-10-6-9-16(17)18(13(3)19)15-8-5-4-7-14(15)17/h4-5,7-9H,1,6,10-11H2,2-3H3/t17-/m1/s1. The maximum atomic E-state index is 12.0. The van der Waals surface area contributed by atoms with Crippen LogP contribution in [-0.4, -0.2) is 5.91 Å². The van der Waals surface area contributed by atoms with E-state index in [1.807, 2.05) is 11.0 Å². The highest BCUT2D eigenvalue weighted by Crippen LogP contribution is 2.56. The third kappa shape index (κ3) is 1.59. The monoisotopic (exact) mass is 253 g/mol. The van der Waals surface area contributed by atoms with Crippen LogP contribution in [0, 0.1) is 0 Å². The molecule has 0 radical (unpaired) electrons. The first kappa shape index (κ1) is 12.2. The highest BCUT2D eigenvalue weighted by molar-refractivity contribution is 5.99. The van der Waals surface area contributed by atoms with Crippen LogP contribution in [0.5, 0.6) is 0 Å². The van der Waals surface area contributed by atoms with Crippen molar-refractivity contribution >= 4 is 11.6 Å². The van der Waals surface area contributed by atoms with E-state index in [4.69, 9.17) is 0 Å². The summed E-state index contributed by atoms with van der Waals surface area (Å²) in [6, 6.07) is 8.29. The molecule has 0 bridgehead atoms. The van der Waals surface area contributed by atoms with E-state index in [0.29, 0.717) is 0 Å². The van der Waals surface area contributed by atoms with Gasteiger partial charge < -0.3 is 0 Å². The molecule has 1 atom stereocenters. The number of allylic oxidation sites excluding steroid dienone is 3. The highest BCUT2D eigenvalue weighted by Gasteiger charge is 2.49. The van der Waals surface area contributed by atoms with Crippen molar-refractivity contribution in [3.63, 3.8) is 0 Å². The molecule has 3 rings (SSSR count). The summed E-state index contributed by atoms with van der Waals surface area (Å²) in [6.45, 7) is 7.80. The number of rotatable bonds is 2. The molecule has 0 aromatic heterocycles. The van der Waals surface area contributed by atoms with Gasteiger partial charge >= 0.3 is 0 Å². The van der Waals surface area contributed by atoms with E-state index in [9.17, 15) is 4.79 Å². The molecule has 1 amide bonds. The minimum Gasteiger partial charge on any atom is -0.284 e. The number of hydrogen-bond acceptors (Lipinski definition) is 1. The molecule has 1 aromatic carbocycles. The third-order valence-electron chi connectivity index (χ3n) is 4.22. The van der Waals surface area contributed by atoms with Crippen molar-refractivity contribution in [2.75, 3.05) is 4.90 Å². The average molecular weight is 253 g/mol. The topological polar surface area (TPSA) is 20.3 Å². The van der Waals surface area contributed by atoms with Gasteiger partial charge in [0.15, 0.2) is 0 Å². The zero-order valence-corrected chi connectivity index (χ0v) is 11.6. The number of fused-ring (bicyclic) bond motifs is 3. The van der Waals surface area contributed by atoms with Crippen LogP contribution in [0.15, 0.2) is 48.2 Å². The van der Waals surface area contributed by atoms with Crippen molar-refractivity contribution in [3.8, 4) is 0 Å². The number of anilines is 1. The Balaban J connectivity index is 2.22. The Hall–Kier alpha value is -1.83. The molecule has 98 valence electrons. The summed E-state index contributed by atoms with van der Waals surface area (Å²) >= 11 is 0. The number of benzene rings is 1. The lowest BCUT2D eigenvalue weighted by Gasteiger charge is -2.29. The van der Waals surface area contributed by atoms with Gasteiger partial charge in [0.2, 0.25) is 5.91 Å². The van der Waals surface area contributed by atoms with E-state index >= 15 is 0 Å². The molecule has 1 aromatic rings. The van der Waals surface area contributed by atoms with Crippen molar-refractivity contribution in [2.45, 2.75) is 38.5 Å². The number of carbonyl (C=O) groups is 1. The van der Waals surface area contributed by atoms with E-state index in [-0.39, 0.29) is 11.3 Å². The minimum absolute atomic E-state index is 0.0197. The van der Waals surface area contributed by atoms with Crippen LogP contribution < -0.4 is 4.90 Å². The Labute approximate surface area is 114 Å². The first-order valence-electron chi connectivity index (χ1n) is 6.81. The molecular weight excluding hydrogens is 234 g/mol. The molecule has 2 aliphatic rings. The Morgan fingerprint density at radius 1 is 1.37 bits per heavy atom. The average Bonchev–Trinajstić information content (AvgIpc) is 2.83. The molecule has 2 heteroatoms. The molecular formula is C17H19NO. The first-order valence-corrected chi connectivity index (χ1v) is 6.81. The predicted molar refractivity (Wildman–Crippen MR) is 78.0 cm³/mol. The van der Waals surface area contributed by atoms with E-state index < -0.39 is 0 Å². The maximum absolute atomic E-state index is 12.0. The summed E-state index contributed by atoms with van der Waals surface area (Å²) in [5, 5.41) is 0. The summed E-state index contributed by atoms with van der Waals surface area (Å²) in [4.78, 5) is 13.9. The van der Waals surface area contributed by atoms with Gasteiger partial charge in [0, 0.05) is 18.0 Å². The molecule has 0 spiro atoms. The van der Waals surface area contributed by atoms with Gasteiger partial charge in [-0.05, 0) is 37.8 Å². The van der Waals surface area contributed by atoms with Crippen LogP contribution in [0.2, 0.25) is 0 Å². The molecule has 1 aliphatic heterocycles. The second-order valence-corrected chi connectivity index (χ2v) is 5.72. The maximum Gasteiger partial charge on any atom is 0.228 e. The fourth-order valence-electron chi connectivity index (χ4n) is 3.69. The normalized spacial score (nSPS) is 23.9. The summed E-state index contributed by atoms with van der Waals surface area (Å²) in [6.07, 6.45) is 5.28. The van der Waals surface area contributed by atoms with E-state index in [1.165, 1.54) is 16.8 Å². The van der Waals surface area contributed by atoms with Gasteiger partial charge in [-0.25, -0.2) is 0 Å². The number of hydrogen-bond donors (Lipinski definition) is 0. The van der Waals surface area contributed by atoms with Gasteiger partial charge in [-0.2, -0.15) is 0 Å². The summed E-state index contributed by atoms with van der Waals surface area (Å²) in [5.74, 6) is 0.101. The second kappa shape index (κ2) is 4.09. The van der Waals surface area contributed by atoms with Crippen LogP contribution in [0.4, 0.5) is 5.69 Å². The first-order chi connectivity index (χ1) is 9.06. The van der Waals surface area contributed by atoms with Crippen LogP contribution in [0.3, 0.4) is 0 Å². The summed E-state index contributed by atoms with van der Waals surface area (Å²) in [5.41, 5.74) is 4.67. The van der Waals surface area contributed by atoms with Crippen molar-refractivity contribution in [1.82, 2.24) is 0 Å². The fourth-order valence-corrected chi connectivity index (χ4v) is 3.69. The quantitative estimate of drug-likeness (QED) is 0.731. The number of carbonyl (C=O) groups excluding carboxylic acids is 1. The van der Waals surface area contributed by atoms with Crippen LogP contribution in [0.25, 0.3) is 0 Å². The zero-order chi connectivity index (χ0) is 13.6. The van der Waals surface area contributed by atoms with Crippen molar-refractivity contribution in [2.24, 2.45) is 0 Å². The number of para-hydroxylation sites is 1. The molecule has 0 unspecified atom stereocenters. The summed E-state index contributed by atoms with van der Waals surface area (Å²) in [7, 11) is 0. The van der Waals surface area contributed by atoms with Crippen molar-refractivity contribution < 1.29 is 4.79 Å². The van der Waals surface area contributed by atoms with Crippen LogP contribution in [-0.2, 0) is 10.2 Å². The molecule has 0 saturated carbocycles. The Morgan fingerprint density at radius 3 is 2.79 bits per heavy atom. The lowest BCUT2D eigenvalue weighted by molar-refractivity contribution is -0.116. The van der Waals surface area contributed by atoms with Crippen molar-refractivity contribution in [1.29, 1.82) is 0 Å². The van der Waals surface area contributed by atoms with E-state index in [1.54, 1.807) is 6.92 Å². The fraction of sp³-hybridized carbons (Fsp3) is 0.353. The van der Waals surface area contributed by atoms with Gasteiger partial charge in [-0.3, -0.25) is 9.69 Å². The SMILES string of the molecule is C=C(C)C[C@@]12CCC=C1N(C(C)=O)c1ccccc12. The Bertz CT molecular complexity index is 599. The highest BCUT2D eigenvalue weighted by atomic mass is 16.2. The Kier molecular flexibility index (Phi) is 2.63. The minimum atomic E-state index is -0.0197. The van der Waals surface area contributed by atoms with Crippen molar-refractivity contribution in [3.05, 3.63) is 53.8 Å². The predicted octanol–water partition coefficient (Wildman–Crippen LogP) is 3.93. The van der Waals surface area contributed by atoms with Gasteiger partial charge in [-0.15, -0.1) is 6.58 Å². The molecule has 0 N–H and O–H groups in total. The third-order valence-corrected chi connectivity index (χ3v) is 4.22. The van der Waals surface area contributed by atoms with Gasteiger partial charge in [0.25, 0.3) is 0 Å². The number of amides is 1. The molecule has 19 heavy (non-hydrogen) atoms. The number of nitrogens with zero attached hydrogens (tertiary/aromatic N) is 1. The largest absolute Gasteiger partial charge is 0.284 e. The van der Waals surface area contributed by atoms with E-state index in [2.05, 4.69) is 37.8 Å². The molecule has 2 nitrogen and oxygen atoms in total. The molecule has 1 aliphatic carbocycles. The molecule has 0 saturated heterocycles. The second-order valence-electron chi connectivity index (χ2n) is 5.72. The lowest BCUT2D eigenvalue weighted by Crippen LogP contribution is -2.31. The zero-order valence-electron chi connectivity index (χ0n) is 11.6. The Morgan fingerprint density at radius 2 is 2.11 bits per heavy atom. The van der Waals surface area contributed by atoms with Gasteiger partial charge in [0.05, 0.1) is 5.69 Å². The van der Waals surface area contributed by atoms with Crippen LogP contribution >= 0.6 is 0 Å². The molecule has 1 heterocycles. The lowest BCUT2D eigenvalue weighted by atomic mass is 9.75.